The van der Waals surface area contributed by atoms with Gasteiger partial charge in [0.1, 0.15) is 0 Å². The summed E-state index contributed by atoms with van der Waals surface area (Å²) in [6, 6.07) is 7.15. The molecule has 1 aromatic carbocycles. The molecule has 0 fully saturated rings. The van der Waals surface area contributed by atoms with Crippen LogP contribution in [-0.4, -0.2) is 33.9 Å². The molecule has 1 rings (SSSR count). The second-order valence-corrected chi connectivity index (χ2v) is 6.95. The van der Waals surface area contributed by atoms with Gasteiger partial charge in [-0.2, -0.15) is 0 Å². The normalized spacial score (nSPS) is 13.7. The van der Waals surface area contributed by atoms with Crippen LogP contribution in [0.1, 0.15) is 32.4 Å². The van der Waals surface area contributed by atoms with Gasteiger partial charge in [0, 0.05) is 18.8 Å². The average Bonchev–Trinajstić information content (AvgIpc) is 2.33. The van der Waals surface area contributed by atoms with E-state index in [9.17, 15) is 8.42 Å². The standard InChI is InChI=1S/C14H23NO3S/c1-11(2)18-10-9-15-12(3)13-5-7-14(8-6-13)19(4,16)17/h5-8,11-12,15H,9-10H2,1-4H3. The van der Waals surface area contributed by atoms with Crippen LogP contribution >= 0.6 is 0 Å². The first-order valence-electron chi connectivity index (χ1n) is 6.45. The Kier molecular flexibility index (Phi) is 5.97. The van der Waals surface area contributed by atoms with Crippen LogP contribution in [0.4, 0.5) is 0 Å². The zero-order valence-electron chi connectivity index (χ0n) is 12.0. The maximum atomic E-state index is 11.4. The van der Waals surface area contributed by atoms with Crippen LogP contribution in [-0.2, 0) is 14.6 Å². The number of hydrogen-bond donors (Lipinski definition) is 1. The SMILES string of the molecule is CC(C)OCCNC(C)c1ccc(S(C)(=O)=O)cc1. The molecule has 1 aromatic rings. The summed E-state index contributed by atoms with van der Waals surface area (Å²) in [5.74, 6) is 0. The number of ether oxygens (including phenoxy) is 1. The minimum atomic E-state index is -3.12. The Morgan fingerprint density at radius 3 is 2.21 bits per heavy atom. The first-order chi connectivity index (χ1) is 8.80. The molecule has 5 heteroatoms. The number of sulfone groups is 1. The minimum absolute atomic E-state index is 0.171. The molecule has 1 atom stereocenters. The van der Waals surface area contributed by atoms with Gasteiger partial charge in [0.05, 0.1) is 17.6 Å². The number of benzene rings is 1. The molecule has 1 N–H and O–H groups in total. The average molecular weight is 285 g/mol. The number of nitrogens with one attached hydrogen (secondary N) is 1. The summed E-state index contributed by atoms with van der Waals surface area (Å²) < 4.78 is 28.2. The molecular formula is C14H23NO3S. The van der Waals surface area contributed by atoms with E-state index in [0.29, 0.717) is 11.5 Å². The zero-order chi connectivity index (χ0) is 14.5. The second kappa shape index (κ2) is 7.03. The lowest BCUT2D eigenvalue weighted by Crippen LogP contribution is -2.24. The molecular weight excluding hydrogens is 262 g/mol. The van der Waals surface area contributed by atoms with E-state index in [1.54, 1.807) is 12.1 Å². The van der Waals surface area contributed by atoms with E-state index in [4.69, 9.17) is 4.74 Å². The monoisotopic (exact) mass is 285 g/mol. The molecule has 0 amide bonds. The molecule has 0 saturated heterocycles. The van der Waals surface area contributed by atoms with Crippen molar-refractivity contribution in [2.45, 2.75) is 37.8 Å². The van der Waals surface area contributed by atoms with E-state index in [-0.39, 0.29) is 12.1 Å². The third kappa shape index (κ3) is 5.72. The lowest BCUT2D eigenvalue weighted by atomic mass is 10.1. The molecule has 0 heterocycles. The molecule has 1 unspecified atom stereocenters. The van der Waals surface area contributed by atoms with Gasteiger partial charge in [0.2, 0.25) is 0 Å². The second-order valence-electron chi connectivity index (χ2n) is 4.94. The number of rotatable bonds is 7. The van der Waals surface area contributed by atoms with Gasteiger partial charge in [-0.25, -0.2) is 8.42 Å². The summed E-state index contributed by atoms with van der Waals surface area (Å²) in [5, 5.41) is 3.34. The summed E-state index contributed by atoms with van der Waals surface area (Å²) in [5.41, 5.74) is 1.07. The van der Waals surface area contributed by atoms with Gasteiger partial charge in [0.25, 0.3) is 0 Å². The maximum Gasteiger partial charge on any atom is 0.175 e. The van der Waals surface area contributed by atoms with Crippen molar-refractivity contribution in [3.63, 3.8) is 0 Å². The molecule has 0 aromatic heterocycles. The van der Waals surface area contributed by atoms with Crippen molar-refractivity contribution < 1.29 is 13.2 Å². The van der Waals surface area contributed by atoms with Crippen molar-refractivity contribution in [3.05, 3.63) is 29.8 Å². The Labute approximate surface area is 116 Å². The third-order valence-corrected chi connectivity index (χ3v) is 3.94. The summed E-state index contributed by atoms with van der Waals surface area (Å²) in [7, 11) is -3.12. The highest BCUT2D eigenvalue weighted by atomic mass is 32.2. The molecule has 0 aliphatic heterocycles. The fourth-order valence-corrected chi connectivity index (χ4v) is 2.32. The van der Waals surface area contributed by atoms with E-state index < -0.39 is 9.84 Å². The topological polar surface area (TPSA) is 55.4 Å². The maximum absolute atomic E-state index is 11.4. The van der Waals surface area contributed by atoms with Crippen LogP contribution < -0.4 is 5.32 Å². The van der Waals surface area contributed by atoms with Gasteiger partial charge in [-0.3, -0.25) is 0 Å². The third-order valence-electron chi connectivity index (χ3n) is 2.81. The smallest absolute Gasteiger partial charge is 0.175 e. The summed E-state index contributed by atoms with van der Waals surface area (Å²) >= 11 is 0. The Bertz CT molecular complexity index is 480. The highest BCUT2D eigenvalue weighted by molar-refractivity contribution is 7.90. The molecule has 0 aliphatic rings. The highest BCUT2D eigenvalue weighted by Crippen LogP contribution is 2.15. The molecule has 0 spiro atoms. The van der Waals surface area contributed by atoms with Crippen LogP contribution in [0.15, 0.2) is 29.2 Å². The quantitative estimate of drug-likeness (QED) is 0.780. The first kappa shape index (κ1) is 16.1. The summed E-state index contributed by atoms with van der Waals surface area (Å²) in [4.78, 5) is 0.353. The van der Waals surface area contributed by atoms with Crippen LogP contribution in [0.3, 0.4) is 0 Å². The predicted octanol–water partition coefficient (Wildman–Crippen LogP) is 2.17. The molecule has 19 heavy (non-hydrogen) atoms. The summed E-state index contributed by atoms with van der Waals surface area (Å²) in [6.07, 6.45) is 1.46. The van der Waals surface area contributed by atoms with Gasteiger partial charge >= 0.3 is 0 Å². The largest absolute Gasteiger partial charge is 0.377 e. The fourth-order valence-electron chi connectivity index (χ4n) is 1.69. The van der Waals surface area contributed by atoms with E-state index in [1.807, 2.05) is 32.9 Å². The van der Waals surface area contributed by atoms with E-state index in [2.05, 4.69) is 5.32 Å². The van der Waals surface area contributed by atoms with Crippen LogP contribution in [0.2, 0.25) is 0 Å². The van der Waals surface area contributed by atoms with Crippen molar-refractivity contribution in [2.75, 3.05) is 19.4 Å². The van der Waals surface area contributed by atoms with Crippen molar-refractivity contribution >= 4 is 9.84 Å². The predicted molar refractivity (Wildman–Crippen MR) is 77.1 cm³/mol. The lowest BCUT2D eigenvalue weighted by molar-refractivity contribution is 0.0796. The van der Waals surface area contributed by atoms with Crippen molar-refractivity contribution in [1.29, 1.82) is 0 Å². The first-order valence-corrected chi connectivity index (χ1v) is 8.35. The van der Waals surface area contributed by atoms with Crippen molar-refractivity contribution in [1.82, 2.24) is 5.32 Å². The molecule has 0 radical (unpaired) electrons. The van der Waals surface area contributed by atoms with Gasteiger partial charge in [-0.15, -0.1) is 0 Å². The van der Waals surface area contributed by atoms with Crippen LogP contribution in [0.5, 0.6) is 0 Å². The van der Waals surface area contributed by atoms with E-state index in [0.717, 1.165) is 12.1 Å². The van der Waals surface area contributed by atoms with E-state index in [1.165, 1.54) is 6.26 Å². The minimum Gasteiger partial charge on any atom is -0.377 e. The van der Waals surface area contributed by atoms with Gasteiger partial charge in [-0.05, 0) is 38.5 Å². The lowest BCUT2D eigenvalue weighted by Gasteiger charge is -2.15. The molecule has 0 aliphatic carbocycles. The Balaban J connectivity index is 2.51. The van der Waals surface area contributed by atoms with E-state index >= 15 is 0 Å². The Morgan fingerprint density at radius 2 is 1.74 bits per heavy atom. The fraction of sp³-hybridized carbons (Fsp3) is 0.571. The highest BCUT2D eigenvalue weighted by Gasteiger charge is 2.09. The molecule has 0 bridgehead atoms. The van der Waals surface area contributed by atoms with Gasteiger partial charge in [0.15, 0.2) is 9.84 Å². The molecule has 108 valence electrons. The van der Waals surface area contributed by atoms with Gasteiger partial charge in [-0.1, -0.05) is 12.1 Å². The van der Waals surface area contributed by atoms with Crippen molar-refractivity contribution in [3.8, 4) is 0 Å². The summed E-state index contributed by atoms with van der Waals surface area (Å²) in [6.45, 7) is 7.50. The van der Waals surface area contributed by atoms with Crippen LogP contribution in [0.25, 0.3) is 0 Å². The number of hydrogen-bond acceptors (Lipinski definition) is 4. The van der Waals surface area contributed by atoms with Crippen LogP contribution in [0, 0.1) is 0 Å². The van der Waals surface area contributed by atoms with Gasteiger partial charge < -0.3 is 10.1 Å². The molecule has 0 saturated carbocycles. The Morgan fingerprint density at radius 1 is 1.16 bits per heavy atom. The molecule has 4 nitrogen and oxygen atoms in total. The van der Waals surface area contributed by atoms with Crippen molar-refractivity contribution in [2.24, 2.45) is 0 Å². The zero-order valence-corrected chi connectivity index (χ0v) is 12.8. The Hall–Kier alpha value is -0.910.